The van der Waals surface area contributed by atoms with Crippen LogP contribution in [0.3, 0.4) is 0 Å². The molecule has 0 unspecified atom stereocenters. The topological polar surface area (TPSA) is 9.23 Å². The summed E-state index contributed by atoms with van der Waals surface area (Å²) in [5, 5.41) is 0. The predicted molar refractivity (Wildman–Crippen MR) is 84.6 cm³/mol. The molecular formula is C19H22O. The molecular weight excluding hydrogens is 244 g/mol. The van der Waals surface area contributed by atoms with Crippen molar-refractivity contribution in [1.29, 1.82) is 0 Å². The number of benzene rings is 2. The van der Waals surface area contributed by atoms with E-state index in [1.807, 2.05) is 18.2 Å². The molecule has 2 rings (SSSR count). The highest BCUT2D eigenvalue weighted by molar-refractivity contribution is 5.17. The van der Waals surface area contributed by atoms with Gasteiger partial charge in [0.15, 0.2) is 0 Å². The number of allylic oxidation sites excluding steroid dienone is 2. The largest absolute Gasteiger partial charge is 0.377 e. The highest BCUT2D eigenvalue weighted by atomic mass is 16.5. The van der Waals surface area contributed by atoms with Gasteiger partial charge < -0.3 is 4.74 Å². The van der Waals surface area contributed by atoms with Gasteiger partial charge in [-0.05, 0) is 30.4 Å². The molecule has 0 N–H and O–H groups in total. The Balaban J connectivity index is 1.51. The molecule has 0 bridgehead atoms. The summed E-state index contributed by atoms with van der Waals surface area (Å²) in [5.74, 6) is 0. The van der Waals surface area contributed by atoms with Crippen molar-refractivity contribution in [3.63, 3.8) is 0 Å². The normalized spacial score (nSPS) is 11.0. The fraction of sp³-hybridized carbons (Fsp3) is 0.263. The lowest BCUT2D eigenvalue weighted by atomic mass is 10.1. The second-order valence-corrected chi connectivity index (χ2v) is 4.84. The van der Waals surface area contributed by atoms with Crippen LogP contribution in [0.4, 0.5) is 0 Å². The molecule has 2 aromatic rings. The molecule has 0 aromatic heterocycles. The van der Waals surface area contributed by atoms with E-state index < -0.39 is 0 Å². The number of ether oxygens (including phenoxy) is 1. The van der Waals surface area contributed by atoms with Gasteiger partial charge in [-0.25, -0.2) is 0 Å². The van der Waals surface area contributed by atoms with Crippen LogP contribution in [0.2, 0.25) is 0 Å². The molecule has 0 aliphatic rings. The monoisotopic (exact) mass is 266 g/mol. The van der Waals surface area contributed by atoms with Crippen LogP contribution in [0.1, 0.15) is 24.0 Å². The first-order valence-electron chi connectivity index (χ1n) is 7.26. The summed E-state index contributed by atoms with van der Waals surface area (Å²) in [6, 6.07) is 20.9. The van der Waals surface area contributed by atoms with Crippen LogP contribution < -0.4 is 0 Å². The first-order chi connectivity index (χ1) is 9.95. The smallest absolute Gasteiger partial charge is 0.0716 e. The highest BCUT2D eigenvalue weighted by Gasteiger charge is 1.91. The van der Waals surface area contributed by atoms with Crippen molar-refractivity contribution in [3.8, 4) is 0 Å². The van der Waals surface area contributed by atoms with E-state index in [2.05, 4.69) is 54.6 Å². The second kappa shape index (κ2) is 9.11. The van der Waals surface area contributed by atoms with Crippen molar-refractivity contribution in [3.05, 3.63) is 83.9 Å². The lowest BCUT2D eigenvalue weighted by Gasteiger charge is -2.02. The van der Waals surface area contributed by atoms with Crippen molar-refractivity contribution in [1.82, 2.24) is 0 Å². The van der Waals surface area contributed by atoms with Crippen LogP contribution in [0, 0.1) is 0 Å². The van der Waals surface area contributed by atoms with E-state index in [1.54, 1.807) is 0 Å². The Morgan fingerprint density at radius 1 is 0.750 bits per heavy atom. The minimum atomic E-state index is 0.717. The Hall–Kier alpha value is -1.86. The number of hydrogen-bond acceptors (Lipinski definition) is 1. The summed E-state index contributed by atoms with van der Waals surface area (Å²) in [5.41, 5.74) is 2.61. The molecule has 0 spiro atoms. The summed E-state index contributed by atoms with van der Waals surface area (Å²) in [4.78, 5) is 0. The minimum absolute atomic E-state index is 0.717. The zero-order valence-electron chi connectivity index (χ0n) is 11.9. The van der Waals surface area contributed by atoms with Crippen molar-refractivity contribution in [2.75, 3.05) is 6.61 Å². The third-order valence-corrected chi connectivity index (χ3v) is 3.13. The van der Waals surface area contributed by atoms with E-state index in [0.717, 1.165) is 25.9 Å². The summed E-state index contributed by atoms with van der Waals surface area (Å²) in [6.45, 7) is 1.54. The molecule has 0 radical (unpaired) electrons. The van der Waals surface area contributed by atoms with Gasteiger partial charge in [0.1, 0.15) is 0 Å². The minimum Gasteiger partial charge on any atom is -0.377 e. The molecule has 2 aromatic carbocycles. The van der Waals surface area contributed by atoms with E-state index in [9.17, 15) is 0 Å². The first-order valence-corrected chi connectivity index (χ1v) is 7.26. The van der Waals surface area contributed by atoms with Crippen molar-refractivity contribution in [2.24, 2.45) is 0 Å². The Bertz CT molecular complexity index is 488. The molecule has 0 saturated carbocycles. The fourth-order valence-corrected chi connectivity index (χ4v) is 2.02. The molecule has 1 nitrogen and oxygen atoms in total. The summed E-state index contributed by atoms with van der Waals surface area (Å²) < 4.78 is 5.65. The molecule has 0 aliphatic heterocycles. The lowest BCUT2D eigenvalue weighted by Crippen LogP contribution is -1.94. The molecule has 0 aliphatic carbocycles. The molecule has 0 atom stereocenters. The summed E-state index contributed by atoms with van der Waals surface area (Å²) in [7, 11) is 0. The maximum Gasteiger partial charge on any atom is 0.0716 e. The van der Waals surface area contributed by atoms with Crippen molar-refractivity contribution in [2.45, 2.75) is 25.9 Å². The van der Waals surface area contributed by atoms with Gasteiger partial charge in [-0.1, -0.05) is 72.8 Å². The fourth-order valence-electron chi connectivity index (χ4n) is 2.02. The van der Waals surface area contributed by atoms with E-state index >= 15 is 0 Å². The molecule has 0 heterocycles. The van der Waals surface area contributed by atoms with Gasteiger partial charge in [0.05, 0.1) is 6.61 Å². The maximum absolute atomic E-state index is 5.65. The maximum atomic E-state index is 5.65. The SMILES string of the molecule is C(=CCc1ccccc1)CCCOCc1ccccc1. The zero-order valence-corrected chi connectivity index (χ0v) is 11.9. The molecule has 0 amide bonds. The standard InChI is InChI=1S/C19H22O/c1(5-11-18-12-6-3-7-13-18)2-10-16-20-17-19-14-8-4-9-15-19/h1,3-9,12-15H,2,10-11,16-17H2. The average molecular weight is 266 g/mol. The Morgan fingerprint density at radius 2 is 1.40 bits per heavy atom. The van der Waals surface area contributed by atoms with Crippen LogP contribution >= 0.6 is 0 Å². The molecule has 104 valence electrons. The lowest BCUT2D eigenvalue weighted by molar-refractivity contribution is 0.119. The molecule has 0 saturated heterocycles. The van der Waals surface area contributed by atoms with E-state index in [0.29, 0.717) is 6.61 Å². The zero-order chi connectivity index (χ0) is 13.9. The third-order valence-electron chi connectivity index (χ3n) is 3.13. The summed E-state index contributed by atoms with van der Waals surface area (Å²) >= 11 is 0. The summed E-state index contributed by atoms with van der Waals surface area (Å²) in [6.07, 6.45) is 7.68. The number of rotatable bonds is 8. The molecule has 20 heavy (non-hydrogen) atoms. The Labute approximate surface area is 121 Å². The molecule has 0 fully saturated rings. The van der Waals surface area contributed by atoms with Crippen molar-refractivity contribution >= 4 is 0 Å². The first kappa shape index (κ1) is 14.5. The van der Waals surface area contributed by atoms with Gasteiger partial charge in [-0.3, -0.25) is 0 Å². The Morgan fingerprint density at radius 3 is 2.10 bits per heavy atom. The van der Waals surface area contributed by atoms with Gasteiger partial charge in [0.2, 0.25) is 0 Å². The average Bonchev–Trinajstić information content (AvgIpc) is 2.52. The highest BCUT2D eigenvalue weighted by Crippen LogP contribution is 2.03. The van der Waals surface area contributed by atoms with Gasteiger partial charge in [0, 0.05) is 6.61 Å². The van der Waals surface area contributed by atoms with Crippen LogP contribution in [-0.4, -0.2) is 6.61 Å². The third kappa shape index (κ3) is 5.85. The Kier molecular flexibility index (Phi) is 6.63. The van der Waals surface area contributed by atoms with Crippen LogP contribution in [0.15, 0.2) is 72.8 Å². The van der Waals surface area contributed by atoms with Gasteiger partial charge in [-0.2, -0.15) is 0 Å². The van der Waals surface area contributed by atoms with Crippen LogP contribution in [0.5, 0.6) is 0 Å². The van der Waals surface area contributed by atoms with E-state index in [4.69, 9.17) is 4.74 Å². The number of unbranched alkanes of at least 4 members (excludes halogenated alkanes) is 1. The van der Waals surface area contributed by atoms with Crippen LogP contribution in [0.25, 0.3) is 0 Å². The van der Waals surface area contributed by atoms with E-state index in [-0.39, 0.29) is 0 Å². The predicted octanol–water partition coefficient (Wildman–Crippen LogP) is 4.78. The number of hydrogen-bond donors (Lipinski definition) is 0. The van der Waals surface area contributed by atoms with Crippen molar-refractivity contribution < 1.29 is 4.74 Å². The quantitative estimate of drug-likeness (QED) is 0.493. The van der Waals surface area contributed by atoms with Gasteiger partial charge in [-0.15, -0.1) is 0 Å². The second-order valence-electron chi connectivity index (χ2n) is 4.84. The molecule has 1 heteroatoms. The van der Waals surface area contributed by atoms with Gasteiger partial charge >= 0.3 is 0 Å². The van der Waals surface area contributed by atoms with E-state index in [1.165, 1.54) is 11.1 Å². The van der Waals surface area contributed by atoms with Gasteiger partial charge in [0.25, 0.3) is 0 Å². The van der Waals surface area contributed by atoms with Crippen LogP contribution in [-0.2, 0) is 17.8 Å².